The quantitative estimate of drug-likeness (QED) is 0.511. The van der Waals surface area contributed by atoms with Crippen LogP contribution in [0.1, 0.15) is 58.8 Å². The summed E-state index contributed by atoms with van der Waals surface area (Å²) in [5.41, 5.74) is 2.65. The SMILES string of the molecule is CCc1nn(C[C@@H](C)COC(=O)c2ccc(S(=O)(=O)NC)cc2)c2c1C(=O)NCC1(CCOCC1)C2. The molecule has 10 nitrogen and oxygen atoms in total. The van der Waals surface area contributed by atoms with E-state index >= 15 is 0 Å². The van der Waals surface area contributed by atoms with Crippen molar-refractivity contribution in [2.45, 2.75) is 51.0 Å². The summed E-state index contributed by atoms with van der Waals surface area (Å²) < 4.78 is 39.0. The molecule has 0 aliphatic carbocycles. The summed E-state index contributed by atoms with van der Waals surface area (Å²) in [6.07, 6.45) is 3.19. The molecular weight excluding hydrogens is 484 g/mol. The summed E-state index contributed by atoms with van der Waals surface area (Å²) in [4.78, 5) is 25.6. The molecule has 1 aromatic heterocycles. The number of hydrogen-bond donors (Lipinski definition) is 2. The first-order chi connectivity index (χ1) is 17.2. The zero-order valence-electron chi connectivity index (χ0n) is 21.0. The number of nitrogens with one attached hydrogen (secondary N) is 2. The minimum absolute atomic E-state index is 0.0371. The fourth-order valence-corrected chi connectivity index (χ4v) is 5.59. The van der Waals surface area contributed by atoms with Gasteiger partial charge < -0.3 is 14.8 Å². The van der Waals surface area contributed by atoms with E-state index in [2.05, 4.69) is 10.0 Å². The van der Waals surface area contributed by atoms with Crippen molar-refractivity contribution in [3.8, 4) is 0 Å². The Morgan fingerprint density at radius 3 is 2.61 bits per heavy atom. The van der Waals surface area contributed by atoms with Gasteiger partial charge in [-0.3, -0.25) is 9.48 Å². The van der Waals surface area contributed by atoms with Gasteiger partial charge in [-0.2, -0.15) is 5.10 Å². The van der Waals surface area contributed by atoms with Crippen LogP contribution in [0.15, 0.2) is 29.2 Å². The van der Waals surface area contributed by atoms with E-state index in [1.54, 1.807) is 0 Å². The lowest BCUT2D eigenvalue weighted by Gasteiger charge is -2.36. The maximum Gasteiger partial charge on any atom is 0.338 e. The van der Waals surface area contributed by atoms with Crippen LogP contribution in [-0.2, 0) is 38.9 Å². The zero-order valence-corrected chi connectivity index (χ0v) is 21.8. The third-order valence-corrected chi connectivity index (χ3v) is 8.49. The molecule has 0 bridgehead atoms. The highest BCUT2D eigenvalue weighted by molar-refractivity contribution is 7.89. The zero-order chi connectivity index (χ0) is 25.9. The first kappa shape index (κ1) is 26.3. The fourth-order valence-electron chi connectivity index (χ4n) is 4.86. The van der Waals surface area contributed by atoms with E-state index in [0.717, 1.165) is 30.7 Å². The minimum atomic E-state index is -3.57. The smallest absolute Gasteiger partial charge is 0.338 e. The van der Waals surface area contributed by atoms with Gasteiger partial charge in [-0.25, -0.2) is 17.9 Å². The number of esters is 1. The van der Waals surface area contributed by atoms with E-state index in [0.29, 0.717) is 38.3 Å². The molecule has 2 aliphatic rings. The molecule has 1 saturated heterocycles. The number of benzene rings is 1. The summed E-state index contributed by atoms with van der Waals surface area (Å²) in [7, 11) is -2.24. The van der Waals surface area contributed by atoms with Crippen LogP contribution in [0, 0.1) is 11.3 Å². The fraction of sp³-hybridized carbons (Fsp3) is 0.560. The average molecular weight is 519 g/mol. The second-order valence-electron chi connectivity index (χ2n) is 9.71. The predicted molar refractivity (Wildman–Crippen MR) is 132 cm³/mol. The lowest BCUT2D eigenvalue weighted by Crippen LogP contribution is -2.41. The Morgan fingerprint density at radius 2 is 1.97 bits per heavy atom. The maximum absolute atomic E-state index is 13.0. The number of aromatic nitrogens is 2. The molecule has 0 unspecified atom stereocenters. The molecule has 1 aromatic carbocycles. The molecule has 11 heteroatoms. The number of rotatable bonds is 8. The monoisotopic (exact) mass is 518 g/mol. The van der Waals surface area contributed by atoms with Crippen LogP contribution in [0.4, 0.5) is 0 Å². The molecule has 1 amide bonds. The highest BCUT2D eigenvalue weighted by Gasteiger charge is 2.39. The van der Waals surface area contributed by atoms with Crippen LogP contribution in [-0.4, -0.2) is 63.5 Å². The lowest BCUT2D eigenvalue weighted by molar-refractivity contribution is 0.0151. The number of hydrogen-bond acceptors (Lipinski definition) is 7. The van der Waals surface area contributed by atoms with Gasteiger partial charge in [0.2, 0.25) is 10.0 Å². The van der Waals surface area contributed by atoms with E-state index in [4.69, 9.17) is 14.6 Å². The van der Waals surface area contributed by atoms with Crippen LogP contribution < -0.4 is 10.0 Å². The van der Waals surface area contributed by atoms with Crippen molar-refractivity contribution < 1.29 is 27.5 Å². The molecule has 4 rings (SSSR count). The van der Waals surface area contributed by atoms with Gasteiger partial charge in [-0.1, -0.05) is 13.8 Å². The molecule has 196 valence electrons. The third kappa shape index (κ3) is 5.47. The molecule has 36 heavy (non-hydrogen) atoms. The van der Waals surface area contributed by atoms with Gasteiger partial charge in [0.05, 0.1) is 34.0 Å². The molecule has 0 saturated carbocycles. The normalized spacial score (nSPS) is 18.2. The Hall–Kier alpha value is -2.76. The number of aryl methyl sites for hydroxylation is 1. The molecule has 1 atom stereocenters. The number of nitrogens with zero attached hydrogens (tertiary/aromatic N) is 2. The van der Waals surface area contributed by atoms with Crippen molar-refractivity contribution >= 4 is 21.9 Å². The highest BCUT2D eigenvalue weighted by Crippen LogP contribution is 2.37. The summed E-state index contributed by atoms with van der Waals surface area (Å²) >= 11 is 0. The maximum atomic E-state index is 13.0. The molecule has 0 radical (unpaired) electrons. The Kier molecular flexibility index (Phi) is 7.82. The van der Waals surface area contributed by atoms with E-state index in [1.165, 1.54) is 31.3 Å². The predicted octanol–water partition coefficient (Wildman–Crippen LogP) is 1.93. The minimum Gasteiger partial charge on any atom is -0.462 e. The lowest BCUT2D eigenvalue weighted by atomic mass is 9.76. The first-order valence-electron chi connectivity index (χ1n) is 12.3. The van der Waals surface area contributed by atoms with Crippen LogP contribution in [0.5, 0.6) is 0 Å². The summed E-state index contributed by atoms with van der Waals surface area (Å²) in [5, 5.41) is 7.89. The third-order valence-electron chi connectivity index (χ3n) is 7.06. The van der Waals surface area contributed by atoms with Gasteiger partial charge in [-0.15, -0.1) is 0 Å². The van der Waals surface area contributed by atoms with Crippen molar-refractivity contribution in [1.82, 2.24) is 19.8 Å². The van der Waals surface area contributed by atoms with Crippen molar-refractivity contribution in [3.63, 3.8) is 0 Å². The average Bonchev–Trinajstić information content (AvgIpc) is 3.15. The number of fused-ring (bicyclic) bond motifs is 1. The van der Waals surface area contributed by atoms with E-state index in [1.807, 2.05) is 18.5 Å². The van der Waals surface area contributed by atoms with Gasteiger partial charge in [0.15, 0.2) is 0 Å². The van der Waals surface area contributed by atoms with Gasteiger partial charge in [-0.05, 0) is 62.4 Å². The summed E-state index contributed by atoms with van der Waals surface area (Å²) in [6.45, 7) is 6.65. The molecule has 2 aliphatic heterocycles. The van der Waals surface area contributed by atoms with Crippen LogP contribution in [0.2, 0.25) is 0 Å². The van der Waals surface area contributed by atoms with Crippen molar-refractivity contribution in [1.29, 1.82) is 0 Å². The number of carbonyl (C=O) groups excluding carboxylic acids is 2. The number of ether oxygens (including phenoxy) is 2. The molecule has 3 heterocycles. The molecule has 2 N–H and O–H groups in total. The largest absolute Gasteiger partial charge is 0.462 e. The number of carbonyl (C=O) groups is 2. The Balaban J connectivity index is 1.45. The van der Waals surface area contributed by atoms with Gasteiger partial charge in [0.1, 0.15) is 0 Å². The van der Waals surface area contributed by atoms with Crippen LogP contribution in [0.25, 0.3) is 0 Å². The molecule has 1 spiro atoms. The van der Waals surface area contributed by atoms with E-state index in [-0.39, 0.29) is 34.3 Å². The van der Waals surface area contributed by atoms with Crippen LogP contribution >= 0.6 is 0 Å². The van der Waals surface area contributed by atoms with Crippen molar-refractivity contribution in [2.24, 2.45) is 11.3 Å². The molecular formula is C25H34N4O6S. The second-order valence-corrected chi connectivity index (χ2v) is 11.6. The van der Waals surface area contributed by atoms with Gasteiger partial charge in [0.25, 0.3) is 5.91 Å². The second kappa shape index (κ2) is 10.7. The standard InChI is InChI=1S/C25H34N4O6S/c1-4-20-22-21(13-25(16-27-23(22)30)9-11-34-12-10-25)29(28-20)14-17(2)15-35-24(31)18-5-7-19(8-6-18)36(32,33)26-3/h5-8,17,26H,4,9-16H2,1-3H3,(H,27,30)/t17-/m1/s1. The summed E-state index contributed by atoms with van der Waals surface area (Å²) in [6, 6.07) is 5.61. The van der Waals surface area contributed by atoms with Crippen molar-refractivity contribution in [2.75, 3.05) is 33.4 Å². The molecule has 2 aromatic rings. The highest BCUT2D eigenvalue weighted by atomic mass is 32.2. The number of sulfonamides is 1. The first-order valence-corrected chi connectivity index (χ1v) is 13.8. The van der Waals surface area contributed by atoms with E-state index < -0.39 is 16.0 Å². The summed E-state index contributed by atoms with van der Waals surface area (Å²) in [5.74, 6) is -0.646. The topological polar surface area (TPSA) is 129 Å². The van der Waals surface area contributed by atoms with Gasteiger partial charge in [0, 0.05) is 32.2 Å². The Bertz CT molecular complexity index is 1220. The Morgan fingerprint density at radius 1 is 1.28 bits per heavy atom. The van der Waals surface area contributed by atoms with Gasteiger partial charge >= 0.3 is 5.97 Å². The van der Waals surface area contributed by atoms with E-state index in [9.17, 15) is 18.0 Å². The Labute approximate surface area is 211 Å². The van der Waals surface area contributed by atoms with Crippen molar-refractivity contribution in [3.05, 3.63) is 46.8 Å². The molecule has 1 fully saturated rings. The number of amides is 1. The van der Waals surface area contributed by atoms with Crippen LogP contribution in [0.3, 0.4) is 0 Å².